The number of hydrogen-bond donors (Lipinski definition) is 2. The molecule has 0 aliphatic carbocycles. The molecule has 2 rings (SSSR count). The van der Waals surface area contributed by atoms with Crippen LogP contribution < -0.4 is 16.2 Å². The Hall–Kier alpha value is -2.83. The number of rotatable bonds is 3. The summed E-state index contributed by atoms with van der Waals surface area (Å²) in [6, 6.07) is 4.91. The predicted molar refractivity (Wildman–Crippen MR) is 78.9 cm³/mol. The summed E-state index contributed by atoms with van der Waals surface area (Å²) < 4.78 is 10.0. The molecule has 1 aromatic carbocycles. The Kier molecular flexibility index (Phi) is 3.93. The highest BCUT2D eigenvalue weighted by Gasteiger charge is 2.16. The van der Waals surface area contributed by atoms with Gasteiger partial charge in [0.2, 0.25) is 5.95 Å². The SMILES string of the molecule is COC(=O)c1ccc(-c2nc(N)nc(N)c2C)c(OC)c1. The van der Waals surface area contributed by atoms with Crippen molar-refractivity contribution < 1.29 is 14.3 Å². The largest absolute Gasteiger partial charge is 0.496 e. The van der Waals surface area contributed by atoms with Crippen LogP contribution in [0.5, 0.6) is 5.75 Å². The van der Waals surface area contributed by atoms with E-state index in [9.17, 15) is 4.79 Å². The minimum Gasteiger partial charge on any atom is -0.496 e. The van der Waals surface area contributed by atoms with Gasteiger partial charge in [-0.3, -0.25) is 0 Å². The van der Waals surface area contributed by atoms with Crippen LogP contribution in [-0.4, -0.2) is 30.2 Å². The van der Waals surface area contributed by atoms with Crippen LogP contribution in [0.15, 0.2) is 18.2 Å². The van der Waals surface area contributed by atoms with Crippen LogP contribution in [-0.2, 0) is 4.74 Å². The lowest BCUT2D eigenvalue weighted by atomic mass is 10.0. The Morgan fingerprint density at radius 2 is 1.90 bits per heavy atom. The van der Waals surface area contributed by atoms with Crippen LogP contribution in [0.4, 0.5) is 11.8 Å². The standard InChI is InChI=1S/C14H16N4O3/c1-7-11(17-14(16)18-12(7)15)9-5-4-8(13(19)21-3)6-10(9)20-2/h4-6H,1-3H3,(H4,15,16,17,18). The third kappa shape index (κ3) is 2.71. The molecule has 0 aliphatic rings. The van der Waals surface area contributed by atoms with E-state index in [1.165, 1.54) is 14.2 Å². The number of nitrogens with two attached hydrogens (primary N) is 2. The molecule has 7 nitrogen and oxygen atoms in total. The smallest absolute Gasteiger partial charge is 0.337 e. The number of anilines is 2. The summed E-state index contributed by atoms with van der Waals surface area (Å²) in [4.78, 5) is 19.7. The number of benzene rings is 1. The van der Waals surface area contributed by atoms with Crippen molar-refractivity contribution in [3.05, 3.63) is 29.3 Å². The molecule has 0 unspecified atom stereocenters. The summed E-state index contributed by atoms with van der Waals surface area (Å²) in [5.41, 5.74) is 13.7. The molecule has 7 heteroatoms. The first-order valence-corrected chi connectivity index (χ1v) is 6.14. The monoisotopic (exact) mass is 288 g/mol. The zero-order chi connectivity index (χ0) is 15.6. The van der Waals surface area contributed by atoms with E-state index in [2.05, 4.69) is 14.7 Å². The van der Waals surface area contributed by atoms with E-state index in [0.717, 1.165) is 0 Å². The van der Waals surface area contributed by atoms with E-state index in [-0.39, 0.29) is 5.95 Å². The second-order valence-corrected chi connectivity index (χ2v) is 4.35. The van der Waals surface area contributed by atoms with Gasteiger partial charge in [0.15, 0.2) is 0 Å². The van der Waals surface area contributed by atoms with Gasteiger partial charge >= 0.3 is 5.97 Å². The van der Waals surface area contributed by atoms with Crippen LogP contribution in [0, 0.1) is 6.92 Å². The molecule has 0 spiro atoms. The van der Waals surface area contributed by atoms with Gasteiger partial charge in [0, 0.05) is 11.1 Å². The third-order valence-electron chi connectivity index (χ3n) is 3.08. The van der Waals surface area contributed by atoms with Crippen LogP contribution in [0.3, 0.4) is 0 Å². The average Bonchev–Trinajstić information content (AvgIpc) is 2.49. The van der Waals surface area contributed by atoms with Gasteiger partial charge in [0.1, 0.15) is 11.6 Å². The number of hydrogen-bond acceptors (Lipinski definition) is 7. The number of carbonyl (C=O) groups is 1. The summed E-state index contributed by atoms with van der Waals surface area (Å²) in [6.07, 6.45) is 0. The van der Waals surface area contributed by atoms with E-state index in [4.69, 9.17) is 16.2 Å². The molecule has 0 aliphatic heterocycles. The van der Waals surface area contributed by atoms with Crippen molar-refractivity contribution in [1.82, 2.24) is 9.97 Å². The lowest BCUT2D eigenvalue weighted by molar-refractivity contribution is 0.0600. The third-order valence-corrected chi connectivity index (χ3v) is 3.08. The van der Waals surface area contributed by atoms with Gasteiger partial charge in [0.25, 0.3) is 0 Å². The molecule has 1 aromatic heterocycles. The fourth-order valence-corrected chi connectivity index (χ4v) is 1.95. The first kappa shape index (κ1) is 14.6. The number of nitrogen functional groups attached to an aromatic ring is 2. The molecule has 110 valence electrons. The number of nitrogens with zero attached hydrogens (tertiary/aromatic N) is 2. The minimum absolute atomic E-state index is 0.0761. The highest BCUT2D eigenvalue weighted by atomic mass is 16.5. The fourth-order valence-electron chi connectivity index (χ4n) is 1.95. The topological polar surface area (TPSA) is 113 Å². The molecular formula is C14H16N4O3. The van der Waals surface area contributed by atoms with Gasteiger partial charge < -0.3 is 20.9 Å². The van der Waals surface area contributed by atoms with E-state index in [0.29, 0.717) is 34.0 Å². The Morgan fingerprint density at radius 1 is 1.19 bits per heavy atom. The maximum Gasteiger partial charge on any atom is 0.337 e. The molecule has 0 fully saturated rings. The highest BCUT2D eigenvalue weighted by Crippen LogP contribution is 2.33. The summed E-state index contributed by atoms with van der Waals surface area (Å²) >= 11 is 0. The first-order chi connectivity index (χ1) is 9.97. The molecule has 1 heterocycles. The summed E-state index contributed by atoms with van der Waals surface area (Å²) in [5, 5.41) is 0. The number of methoxy groups -OCH3 is 2. The van der Waals surface area contributed by atoms with Crippen LogP contribution in [0.2, 0.25) is 0 Å². The van der Waals surface area contributed by atoms with Crippen LogP contribution in [0.25, 0.3) is 11.3 Å². The molecule has 2 aromatic rings. The number of ether oxygens (including phenoxy) is 2. The first-order valence-electron chi connectivity index (χ1n) is 6.14. The molecule has 0 bridgehead atoms. The van der Waals surface area contributed by atoms with Crippen LogP contribution >= 0.6 is 0 Å². The number of esters is 1. The lowest BCUT2D eigenvalue weighted by Crippen LogP contribution is -2.06. The molecule has 0 radical (unpaired) electrons. The van der Waals surface area contributed by atoms with Crippen molar-refractivity contribution in [1.29, 1.82) is 0 Å². The zero-order valence-corrected chi connectivity index (χ0v) is 12.0. The second-order valence-electron chi connectivity index (χ2n) is 4.35. The van der Waals surface area contributed by atoms with Crippen molar-refractivity contribution in [2.45, 2.75) is 6.92 Å². The Labute approximate surface area is 121 Å². The zero-order valence-electron chi connectivity index (χ0n) is 12.0. The van der Waals surface area contributed by atoms with E-state index in [1.54, 1.807) is 25.1 Å². The van der Waals surface area contributed by atoms with Gasteiger partial charge in [-0.05, 0) is 25.1 Å². The second kappa shape index (κ2) is 5.66. The van der Waals surface area contributed by atoms with Crippen LogP contribution in [0.1, 0.15) is 15.9 Å². The quantitative estimate of drug-likeness (QED) is 0.821. The van der Waals surface area contributed by atoms with Gasteiger partial charge in [-0.1, -0.05) is 0 Å². The van der Waals surface area contributed by atoms with Gasteiger partial charge in [0.05, 0.1) is 25.5 Å². The molecule has 0 atom stereocenters. The lowest BCUT2D eigenvalue weighted by Gasteiger charge is -2.13. The van der Waals surface area contributed by atoms with Gasteiger partial charge in [-0.15, -0.1) is 0 Å². The molecule has 0 saturated heterocycles. The number of aromatic nitrogens is 2. The Bertz CT molecular complexity index is 701. The van der Waals surface area contributed by atoms with Gasteiger partial charge in [-0.25, -0.2) is 9.78 Å². The van der Waals surface area contributed by atoms with E-state index >= 15 is 0 Å². The van der Waals surface area contributed by atoms with E-state index in [1.807, 2.05) is 0 Å². The van der Waals surface area contributed by atoms with E-state index < -0.39 is 5.97 Å². The summed E-state index contributed by atoms with van der Waals surface area (Å²) in [7, 11) is 2.82. The molecule has 0 saturated carbocycles. The summed E-state index contributed by atoms with van der Waals surface area (Å²) in [5.74, 6) is 0.403. The Morgan fingerprint density at radius 3 is 2.52 bits per heavy atom. The minimum atomic E-state index is -0.446. The van der Waals surface area contributed by atoms with Crippen molar-refractivity contribution in [3.8, 4) is 17.0 Å². The maximum absolute atomic E-state index is 11.6. The average molecular weight is 288 g/mol. The summed E-state index contributed by atoms with van der Waals surface area (Å²) in [6.45, 7) is 1.79. The molecule has 0 amide bonds. The van der Waals surface area contributed by atoms with Gasteiger partial charge in [-0.2, -0.15) is 4.98 Å². The highest BCUT2D eigenvalue weighted by molar-refractivity contribution is 5.91. The molecular weight excluding hydrogens is 272 g/mol. The fraction of sp³-hybridized carbons (Fsp3) is 0.214. The van der Waals surface area contributed by atoms with Crippen molar-refractivity contribution in [2.24, 2.45) is 0 Å². The molecule has 21 heavy (non-hydrogen) atoms. The number of carbonyl (C=O) groups excluding carboxylic acids is 1. The van der Waals surface area contributed by atoms with Crippen molar-refractivity contribution in [2.75, 3.05) is 25.7 Å². The van der Waals surface area contributed by atoms with Crippen molar-refractivity contribution >= 4 is 17.7 Å². The maximum atomic E-state index is 11.6. The predicted octanol–water partition coefficient (Wildman–Crippen LogP) is 1.41. The normalized spacial score (nSPS) is 10.2. The molecule has 4 N–H and O–H groups in total. The Balaban J connectivity index is 2.62. The van der Waals surface area contributed by atoms with Crippen molar-refractivity contribution in [3.63, 3.8) is 0 Å².